The van der Waals surface area contributed by atoms with Gasteiger partial charge in [0.15, 0.2) is 0 Å². The Morgan fingerprint density at radius 3 is 2.73 bits per heavy atom. The molecule has 1 atom stereocenters. The van der Waals surface area contributed by atoms with Gasteiger partial charge in [-0.15, -0.1) is 0 Å². The Labute approximate surface area is 155 Å². The number of nitrogens with two attached hydrogens (primary N) is 1. The van der Waals surface area contributed by atoms with Gasteiger partial charge in [0.2, 0.25) is 17.6 Å². The summed E-state index contributed by atoms with van der Waals surface area (Å²) in [6, 6.07) is 5.97. The lowest BCUT2D eigenvalue weighted by Crippen LogP contribution is -2.39. The Bertz CT molecular complexity index is 787. The van der Waals surface area contributed by atoms with Gasteiger partial charge in [-0.1, -0.05) is 28.9 Å². The zero-order valence-corrected chi connectivity index (χ0v) is 15.3. The molecule has 2 amide bonds. The molecule has 0 aliphatic heterocycles. The summed E-state index contributed by atoms with van der Waals surface area (Å²) in [6.45, 7) is 5.16. The molecule has 1 aromatic heterocycles. The van der Waals surface area contributed by atoms with Crippen LogP contribution in [0.2, 0.25) is 5.02 Å². The Balaban J connectivity index is 2.22. The highest BCUT2D eigenvalue weighted by Gasteiger charge is 2.27. The first-order valence-corrected chi connectivity index (χ1v) is 8.14. The van der Waals surface area contributed by atoms with Gasteiger partial charge in [0.1, 0.15) is 11.6 Å². The SMILES string of the molecule is CC(C)(C)OC(=O)N[C@@H](CC(=O)NN)c1nc(-c2cccc(Cl)c2)no1. The molecule has 140 valence electrons. The van der Waals surface area contributed by atoms with E-state index in [-0.39, 0.29) is 18.1 Å². The van der Waals surface area contributed by atoms with Crippen molar-refractivity contribution in [1.29, 1.82) is 0 Å². The monoisotopic (exact) mass is 381 g/mol. The summed E-state index contributed by atoms with van der Waals surface area (Å²) in [7, 11) is 0. The van der Waals surface area contributed by atoms with E-state index >= 15 is 0 Å². The molecular weight excluding hydrogens is 362 g/mol. The third-order valence-corrected chi connectivity index (χ3v) is 3.30. The van der Waals surface area contributed by atoms with Crippen molar-refractivity contribution in [2.75, 3.05) is 0 Å². The number of ether oxygens (including phenoxy) is 1. The quantitative estimate of drug-likeness (QED) is 0.411. The summed E-state index contributed by atoms with van der Waals surface area (Å²) in [5, 5.41) is 6.91. The number of benzene rings is 1. The predicted octanol–water partition coefficient (Wildman–Crippen LogP) is 2.34. The van der Waals surface area contributed by atoms with E-state index in [4.69, 9.17) is 26.7 Å². The number of alkyl carbamates (subject to hydrolysis) is 1. The Kier molecular flexibility index (Phi) is 6.17. The zero-order chi connectivity index (χ0) is 19.3. The summed E-state index contributed by atoms with van der Waals surface area (Å²) in [5.74, 6) is 4.91. The van der Waals surface area contributed by atoms with Crippen LogP contribution in [-0.4, -0.2) is 27.7 Å². The highest BCUT2D eigenvalue weighted by atomic mass is 35.5. The molecule has 2 rings (SSSR count). The van der Waals surface area contributed by atoms with Crippen LogP contribution >= 0.6 is 11.6 Å². The van der Waals surface area contributed by atoms with E-state index in [0.29, 0.717) is 10.6 Å². The van der Waals surface area contributed by atoms with E-state index in [1.807, 2.05) is 5.43 Å². The van der Waals surface area contributed by atoms with Crippen LogP contribution in [0, 0.1) is 0 Å². The van der Waals surface area contributed by atoms with Gasteiger partial charge in [-0.05, 0) is 32.9 Å². The number of nitrogens with one attached hydrogen (secondary N) is 2. The first-order valence-electron chi connectivity index (χ1n) is 7.76. The molecule has 0 aliphatic rings. The Morgan fingerprint density at radius 2 is 2.12 bits per heavy atom. The molecule has 1 aromatic carbocycles. The average molecular weight is 382 g/mol. The molecule has 0 unspecified atom stereocenters. The topological polar surface area (TPSA) is 132 Å². The number of carbonyl (C=O) groups is 2. The lowest BCUT2D eigenvalue weighted by atomic mass is 10.2. The van der Waals surface area contributed by atoms with Crippen LogP contribution < -0.4 is 16.6 Å². The molecule has 10 heteroatoms. The van der Waals surface area contributed by atoms with E-state index in [1.165, 1.54) is 0 Å². The molecule has 2 aromatic rings. The van der Waals surface area contributed by atoms with Crippen molar-refractivity contribution >= 4 is 23.6 Å². The maximum Gasteiger partial charge on any atom is 0.408 e. The molecular formula is C16H20ClN5O4. The van der Waals surface area contributed by atoms with Gasteiger partial charge in [0.25, 0.3) is 0 Å². The van der Waals surface area contributed by atoms with Crippen LogP contribution in [0.3, 0.4) is 0 Å². The van der Waals surface area contributed by atoms with Crippen LogP contribution in [0.25, 0.3) is 11.4 Å². The minimum atomic E-state index is -0.908. The highest BCUT2D eigenvalue weighted by Crippen LogP contribution is 2.23. The second-order valence-electron chi connectivity index (χ2n) is 6.44. The minimum Gasteiger partial charge on any atom is -0.444 e. The van der Waals surface area contributed by atoms with Gasteiger partial charge in [-0.2, -0.15) is 4.98 Å². The summed E-state index contributed by atoms with van der Waals surface area (Å²) >= 11 is 5.96. The van der Waals surface area contributed by atoms with Crippen LogP contribution in [0.15, 0.2) is 28.8 Å². The number of aromatic nitrogens is 2. The van der Waals surface area contributed by atoms with E-state index in [9.17, 15) is 9.59 Å². The van der Waals surface area contributed by atoms with Crippen molar-refractivity contribution < 1.29 is 18.8 Å². The van der Waals surface area contributed by atoms with Gasteiger partial charge in [0, 0.05) is 10.6 Å². The third kappa shape index (κ3) is 5.71. The maximum atomic E-state index is 12.0. The van der Waals surface area contributed by atoms with Gasteiger partial charge >= 0.3 is 6.09 Å². The lowest BCUT2D eigenvalue weighted by molar-refractivity contribution is -0.121. The first kappa shape index (κ1) is 19.7. The van der Waals surface area contributed by atoms with Crippen molar-refractivity contribution in [1.82, 2.24) is 20.9 Å². The van der Waals surface area contributed by atoms with Gasteiger partial charge in [0.05, 0.1) is 6.42 Å². The molecule has 9 nitrogen and oxygen atoms in total. The lowest BCUT2D eigenvalue weighted by Gasteiger charge is -2.21. The summed E-state index contributed by atoms with van der Waals surface area (Å²) in [4.78, 5) is 27.9. The number of halogens is 1. The summed E-state index contributed by atoms with van der Waals surface area (Å²) < 4.78 is 10.4. The number of rotatable bonds is 5. The zero-order valence-electron chi connectivity index (χ0n) is 14.6. The van der Waals surface area contributed by atoms with Gasteiger partial charge in [-0.3, -0.25) is 10.2 Å². The highest BCUT2D eigenvalue weighted by molar-refractivity contribution is 6.30. The van der Waals surface area contributed by atoms with Gasteiger partial charge < -0.3 is 14.6 Å². The summed E-state index contributed by atoms with van der Waals surface area (Å²) in [6.07, 6.45) is -0.928. The number of nitrogens with zero attached hydrogens (tertiary/aromatic N) is 2. The second kappa shape index (κ2) is 8.15. The molecule has 0 saturated carbocycles. The van der Waals surface area contributed by atoms with Gasteiger partial charge in [-0.25, -0.2) is 10.6 Å². The Morgan fingerprint density at radius 1 is 1.38 bits per heavy atom. The van der Waals surface area contributed by atoms with Crippen LogP contribution in [0.5, 0.6) is 0 Å². The predicted molar refractivity (Wildman–Crippen MR) is 93.8 cm³/mol. The number of amides is 2. The first-order chi connectivity index (χ1) is 12.2. The van der Waals surface area contributed by atoms with Crippen molar-refractivity contribution in [3.05, 3.63) is 35.2 Å². The van der Waals surface area contributed by atoms with Crippen LogP contribution in [-0.2, 0) is 9.53 Å². The van der Waals surface area contributed by atoms with Crippen LogP contribution in [0.1, 0.15) is 39.1 Å². The van der Waals surface area contributed by atoms with Crippen molar-refractivity contribution in [3.8, 4) is 11.4 Å². The van der Waals surface area contributed by atoms with E-state index in [0.717, 1.165) is 0 Å². The molecule has 0 bridgehead atoms. The molecule has 1 heterocycles. The molecule has 0 saturated heterocycles. The van der Waals surface area contributed by atoms with Crippen molar-refractivity contribution in [2.45, 2.75) is 38.8 Å². The molecule has 0 radical (unpaired) electrons. The molecule has 0 spiro atoms. The maximum absolute atomic E-state index is 12.0. The van der Waals surface area contributed by atoms with Crippen molar-refractivity contribution in [3.63, 3.8) is 0 Å². The second-order valence-corrected chi connectivity index (χ2v) is 6.87. The molecule has 0 fully saturated rings. The molecule has 26 heavy (non-hydrogen) atoms. The summed E-state index contributed by atoms with van der Waals surface area (Å²) in [5.41, 5.74) is 1.92. The van der Waals surface area contributed by atoms with Crippen LogP contribution in [0.4, 0.5) is 4.79 Å². The van der Waals surface area contributed by atoms with Crippen molar-refractivity contribution in [2.24, 2.45) is 5.84 Å². The smallest absolute Gasteiger partial charge is 0.408 e. The van der Waals surface area contributed by atoms with E-state index in [2.05, 4.69) is 15.5 Å². The Hall–Kier alpha value is -2.65. The minimum absolute atomic E-state index is 0.0365. The fraction of sp³-hybridized carbons (Fsp3) is 0.375. The fourth-order valence-electron chi connectivity index (χ4n) is 2.02. The largest absolute Gasteiger partial charge is 0.444 e. The average Bonchev–Trinajstić information content (AvgIpc) is 3.02. The standard InChI is InChI=1S/C16H20ClN5O4/c1-16(2,3)25-15(24)19-11(8-12(23)21-18)14-20-13(22-26-14)9-5-4-6-10(17)7-9/h4-7,11H,8,18H2,1-3H3,(H,19,24)(H,21,23)/t11-/m0/s1. The normalized spacial score (nSPS) is 12.3. The molecule has 4 N–H and O–H groups in total. The fourth-order valence-corrected chi connectivity index (χ4v) is 2.21. The number of carbonyl (C=O) groups excluding carboxylic acids is 2. The van der Waals surface area contributed by atoms with E-state index in [1.54, 1.807) is 45.0 Å². The van der Waals surface area contributed by atoms with E-state index < -0.39 is 23.6 Å². The number of hydrazine groups is 1. The third-order valence-electron chi connectivity index (χ3n) is 3.06. The molecule has 0 aliphatic carbocycles. The number of hydrogen-bond donors (Lipinski definition) is 3. The number of hydrogen-bond acceptors (Lipinski definition) is 7.